The lowest BCUT2D eigenvalue weighted by Gasteiger charge is -2.21. The molecule has 1 aromatic carbocycles. The SMILES string of the molecule is CCCNCc1ccc(N(C)Cc2nccn2C)c(C)c1. The number of nitrogens with zero attached hydrogens (tertiary/aromatic N) is 3. The van der Waals surface area contributed by atoms with Crippen LogP contribution in [-0.2, 0) is 20.1 Å². The zero-order valence-corrected chi connectivity index (χ0v) is 13.6. The summed E-state index contributed by atoms with van der Waals surface area (Å²) in [6.45, 7) is 7.19. The first kappa shape index (κ1) is 15.6. The molecule has 0 atom stereocenters. The van der Waals surface area contributed by atoms with Gasteiger partial charge in [-0.3, -0.25) is 0 Å². The number of rotatable bonds is 7. The Morgan fingerprint density at radius 1 is 1.33 bits per heavy atom. The van der Waals surface area contributed by atoms with Crippen molar-refractivity contribution < 1.29 is 0 Å². The van der Waals surface area contributed by atoms with E-state index in [9.17, 15) is 0 Å². The molecule has 1 aromatic heterocycles. The minimum absolute atomic E-state index is 0.817. The molecular formula is C17H26N4. The molecule has 0 fully saturated rings. The van der Waals surface area contributed by atoms with Gasteiger partial charge in [-0.15, -0.1) is 0 Å². The molecule has 0 aliphatic heterocycles. The quantitative estimate of drug-likeness (QED) is 0.795. The van der Waals surface area contributed by atoms with Crippen molar-refractivity contribution in [3.63, 3.8) is 0 Å². The Balaban J connectivity index is 2.04. The first-order valence-corrected chi connectivity index (χ1v) is 7.59. The van der Waals surface area contributed by atoms with Crippen molar-refractivity contribution in [1.82, 2.24) is 14.9 Å². The molecule has 4 nitrogen and oxygen atoms in total. The zero-order valence-electron chi connectivity index (χ0n) is 13.6. The average molecular weight is 286 g/mol. The van der Waals surface area contributed by atoms with Gasteiger partial charge in [-0.05, 0) is 37.1 Å². The fourth-order valence-electron chi connectivity index (χ4n) is 2.51. The highest BCUT2D eigenvalue weighted by Crippen LogP contribution is 2.21. The standard InChI is InChI=1S/C17H26N4/c1-5-8-18-12-15-6-7-16(14(2)11-15)21(4)13-17-19-9-10-20(17)3/h6-7,9-11,18H,5,8,12-13H2,1-4H3. The Kier molecular flexibility index (Phi) is 5.39. The van der Waals surface area contributed by atoms with Gasteiger partial charge in [0.2, 0.25) is 0 Å². The minimum atomic E-state index is 0.817. The van der Waals surface area contributed by atoms with E-state index in [4.69, 9.17) is 0 Å². The van der Waals surface area contributed by atoms with Gasteiger partial charge in [0.25, 0.3) is 0 Å². The molecule has 0 radical (unpaired) electrons. The predicted octanol–water partition coefficient (Wildman–Crippen LogP) is 2.86. The number of hydrogen-bond acceptors (Lipinski definition) is 3. The first-order chi connectivity index (χ1) is 10.1. The van der Waals surface area contributed by atoms with Gasteiger partial charge in [0.15, 0.2) is 0 Å². The van der Waals surface area contributed by atoms with Crippen molar-refractivity contribution in [3.8, 4) is 0 Å². The lowest BCUT2D eigenvalue weighted by molar-refractivity contribution is 0.675. The highest BCUT2D eigenvalue weighted by Gasteiger charge is 2.08. The molecule has 0 aliphatic carbocycles. The van der Waals surface area contributed by atoms with E-state index in [0.29, 0.717) is 0 Å². The van der Waals surface area contributed by atoms with E-state index < -0.39 is 0 Å². The molecule has 4 heteroatoms. The van der Waals surface area contributed by atoms with Crippen molar-refractivity contribution in [2.45, 2.75) is 33.4 Å². The third-order valence-electron chi connectivity index (χ3n) is 3.73. The minimum Gasteiger partial charge on any atom is -0.367 e. The molecule has 1 heterocycles. The monoisotopic (exact) mass is 286 g/mol. The van der Waals surface area contributed by atoms with Gasteiger partial charge in [-0.1, -0.05) is 19.1 Å². The van der Waals surface area contributed by atoms with Gasteiger partial charge in [0.05, 0.1) is 6.54 Å². The molecule has 1 N–H and O–H groups in total. The third kappa shape index (κ3) is 4.08. The highest BCUT2D eigenvalue weighted by molar-refractivity contribution is 5.53. The Bertz CT molecular complexity index is 574. The van der Waals surface area contributed by atoms with Gasteiger partial charge in [0, 0.05) is 38.7 Å². The maximum atomic E-state index is 4.39. The van der Waals surface area contributed by atoms with Crippen molar-refractivity contribution >= 4 is 5.69 Å². The number of anilines is 1. The van der Waals surface area contributed by atoms with Crippen LogP contribution in [0.2, 0.25) is 0 Å². The van der Waals surface area contributed by atoms with Crippen LogP contribution in [0.3, 0.4) is 0 Å². The summed E-state index contributed by atoms with van der Waals surface area (Å²) in [4.78, 5) is 6.64. The average Bonchev–Trinajstić information content (AvgIpc) is 2.84. The summed E-state index contributed by atoms with van der Waals surface area (Å²) >= 11 is 0. The molecule has 21 heavy (non-hydrogen) atoms. The Hall–Kier alpha value is -1.81. The molecular weight excluding hydrogens is 260 g/mol. The highest BCUT2D eigenvalue weighted by atomic mass is 15.2. The van der Waals surface area contributed by atoms with Gasteiger partial charge in [-0.25, -0.2) is 4.98 Å². The van der Waals surface area contributed by atoms with Crippen LogP contribution in [0.25, 0.3) is 0 Å². The van der Waals surface area contributed by atoms with Crippen molar-refractivity contribution in [2.24, 2.45) is 7.05 Å². The first-order valence-electron chi connectivity index (χ1n) is 7.59. The molecule has 0 unspecified atom stereocenters. The molecule has 0 amide bonds. The normalized spacial score (nSPS) is 10.9. The summed E-state index contributed by atoms with van der Waals surface area (Å²) in [7, 11) is 4.15. The van der Waals surface area contributed by atoms with Crippen LogP contribution in [0.4, 0.5) is 5.69 Å². The van der Waals surface area contributed by atoms with Gasteiger partial charge < -0.3 is 14.8 Å². The summed E-state index contributed by atoms with van der Waals surface area (Å²) in [6, 6.07) is 6.69. The second-order valence-corrected chi connectivity index (χ2v) is 5.61. The van der Waals surface area contributed by atoms with E-state index in [1.54, 1.807) is 0 Å². The van der Waals surface area contributed by atoms with Crippen LogP contribution >= 0.6 is 0 Å². The zero-order chi connectivity index (χ0) is 15.2. The Morgan fingerprint density at radius 3 is 2.76 bits per heavy atom. The summed E-state index contributed by atoms with van der Waals surface area (Å²) in [5.41, 5.74) is 3.91. The van der Waals surface area contributed by atoms with Crippen LogP contribution in [0.5, 0.6) is 0 Å². The lowest BCUT2D eigenvalue weighted by Crippen LogP contribution is -2.20. The summed E-state index contributed by atoms with van der Waals surface area (Å²) in [5, 5.41) is 3.44. The van der Waals surface area contributed by atoms with E-state index in [1.807, 2.05) is 19.4 Å². The summed E-state index contributed by atoms with van der Waals surface area (Å²) < 4.78 is 2.06. The largest absolute Gasteiger partial charge is 0.367 e. The molecule has 2 rings (SSSR count). The van der Waals surface area contributed by atoms with Crippen LogP contribution in [0.1, 0.15) is 30.3 Å². The van der Waals surface area contributed by atoms with E-state index in [-0.39, 0.29) is 0 Å². The topological polar surface area (TPSA) is 33.1 Å². The maximum Gasteiger partial charge on any atom is 0.127 e. The third-order valence-corrected chi connectivity index (χ3v) is 3.73. The molecule has 0 spiro atoms. The van der Waals surface area contributed by atoms with Gasteiger partial charge in [0.1, 0.15) is 5.82 Å². The second kappa shape index (κ2) is 7.27. The number of imidazole rings is 1. The van der Waals surface area contributed by atoms with Gasteiger partial charge >= 0.3 is 0 Å². The van der Waals surface area contributed by atoms with Crippen LogP contribution in [0.15, 0.2) is 30.6 Å². The van der Waals surface area contributed by atoms with Crippen LogP contribution in [0, 0.1) is 6.92 Å². The number of hydrogen-bond donors (Lipinski definition) is 1. The molecule has 2 aromatic rings. The maximum absolute atomic E-state index is 4.39. The number of nitrogens with one attached hydrogen (secondary N) is 1. The van der Waals surface area contributed by atoms with Crippen molar-refractivity contribution in [1.29, 1.82) is 0 Å². The molecule has 0 aliphatic rings. The summed E-state index contributed by atoms with van der Waals surface area (Å²) in [5.74, 6) is 1.07. The van der Waals surface area contributed by atoms with Gasteiger partial charge in [-0.2, -0.15) is 0 Å². The van der Waals surface area contributed by atoms with E-state index in [1.165, 1.54) is 23.2 Å². The van der Waals surface area contributed by atoms with E-state index >= 15 is 0 Å². The molecule has 0 saturated heterocycles. The number of aryl methyl sites for hydroxylation is 2. The predicted molar refractivity (Wildman–Crippen MR) is 88.5 cm³/mol. The van der Waals surface area contributed by atoms with E-state index in [0.717, 1.165) is 25.5 Å². The van der Waals surface area contributed by atoms with Crippen LogP contribution < -0.4 is 10.2 Å². The smallest absolute Gasteiger partial charge is 0.127 e. The lowest BCUT2D eigenvalue weighted by atomic mass is 10.1. The number of aromatic nitrogens is 2. The Labute approximate surface area is 127 Å². The van der Waals surface area contributed by atoms with Crippen molar-refractivity contribution in [3.05, 3.63) is 47.5 Å². The van der Waals surface area contributed by atoms with E-state index in [2.05, 4.69) is 58.9 Å². The summed E-state index contributed by atoms with van der Waals surface area (Å²) in [6.07, 6.45) is 5.00. The second-order valence-electron chi connectivity index (χ2n) is 5.61. The number of benzene rings is 1. The Morgan fingerprint density at radius 2 is 2.14 bits per heavy atom. The fourth-order valence-corrected chi connectivity index (χ4v) is 2.51. The van der Waals surface area contributed by atoms with Crippen LogP contribution in [-0.4, -0.2) is 23.1 Å². The van der Waals surface area contributed by atoms with Crippen molar-refractivity contribution in [2.75, 3.05) is 18.5 Å². The molecule has 114 valence electrons. The molecule has 0 bridgehead atoms. The molecule has 0 saturated carbocycles. The fraction of sp³-hybridized carbons (Fsp3) is 0.471.